The first-order chi connectivity index (χ1) is 27.7. The summed E-state index contributed by atoms with van der Waals surface area (Å²) in [5.74, 6) is -0.844. The highest BCUT2D eigenvalue weighted by molar-refractivity contribution is 7.46. The van der Waals surface area contributed by atoms with E-state index in [-0.39, 0.29) is 26.1 Å². The zero-order valence-corrected chi connectivity index (χ0v) is 37.5. The van der Waals surface area contributed by atoms with Gasteiger partial charge in [0, 0.05) is 12.8 Å². The van der Waals surface area contributed by atoms with Crippen molar-refractivity contribution in [1.82, 2.24) is 0 Å². The Morgan fingerprint density at radius 1 is 0.448 bits per heavy atom. The minimum absolute atomic E-state index is 0.274. The van der Waals surface area contributed by atoms with Crippen molar-refractivity contribution in [2.45, 2.75) is 193 Å². The number of hydrogen-bond donors (Lipinski definition) is 6. The molecule has 0 saturated carbocycles. The number of phosphoric ester groups is 2. The summed E-state index contributed by atoms with van der Waals surface area (Å²) in [5, 5.41) is 18.8. The number of carbonyl (C=O) groups is 2. The van der Waals surface area contributed by atoms with Gasteiger partial charge in [-0.05, 0) is 70.6 Å². The van der Waals surface area contributed by atoms with Crippen molar-refractivity contribution < 1.29 is 67.0 Å². The fourth-order valence-corrected chi connectivity index (χ4v) is 6.14. The number of unbranched alkanes of at least 4 members (excludes halogenated alkanes) is 19. The Balaban J connectivity index is 0. The normalized spacial score (nSPS) is 13.2. The number of carbonyl (C=O) groups excluding carboxylic acids is 2. The summed E-state index contributed by atoms with van der Waals surface area (Å²) in [4.78, 5) is 57.1. The molecule has 0 aliphatic rings. The average Bonchev–Trinajstić information content (AvgIpc) is 3.17. The lowest BCUT2D eigenvalue weighted by atomic mass is 10.1. The van der Waals surface area contributed by atoms with Gasteiger partial charge in [0.2, 0.25) is 0 Å². The van der Waals surface area contributed by atoms with Crippen LogP contribution in [0.3, 0.4) is 0 Å². The SMILES string of the molecule is CCCCC/C=C\C/C=C\CCCCCCCC(=O)OC[C@@H](O)COP(=O)(O)O.CCCCCCCC/C=C\CCCCCCCC(=O)OC[C@@H](O)COP(=O)(O)O. The third-order valence-corrected chi connectivity index (χ3v) is 9.69. The summed E-state index contributed by atoms with van der Waals surface area (Å²) >= 11 is 0. The van der Waals surface area contributed by atoms with Gasteiger partial charge >= 0.3 is 27.6 Å². The summed E-state index contributed by atoms with van der Waals surface area (Å²) in [6, 6.07) is 0. The quantitative estimate of drug-likeness (QED) is 0.0146. The lowest BCUT2D eigenvalue weighted by Crippen LogP contribution is -2.23. The van der Waals surface area contributed by atoms with Gasteiger partial charge in [-0.3, -0.25) is 18.6 Å². The van der Waals surface area contributed by atoms with Crippen molar-refractivity contribution in [3.63, 3.8) is 0 Å². The molecule has 0 fully saturated rings. The van der Waals surface area contributed by atoms with Crippen LogP contribution in [0.2, 0.25) is 0 Å². The molecular weight excluding hydrogens is 790 g/mol. The van der Waals surface area contributed by atoms with E-state index in [4.69, 9.17) is 29.0 Å². The van der Waals surface area contributed by atoms with Crippen LogP contribution in [-0.2, 0) is 37.2 Å². The fourth-order valence-electron chi connectivity index (χ4n) is 5.41. The van der Waals surface area contributed by atoms with Crippen LogP contribution in [-0.4, -0.2) is 80.4 Å². The molecule has 0 aromatic rings. The van der Waals surface area contributed by atoms with Crippen molar-refractivity contribution in [3.05, 3.63) is 36.5 Å². The summed E-state index contributed by atoms with van der Waals surface area (Å²) in [7, 11) is -9.24. The van der Waals surface area contributed by atoms with E-state index in [9.17, 15) is 28.9 Å². The number of ether oxygens (including phenoxy) is 2. The second kappa shape index (κ2) is 42.0. The molecule has 0 rings (SSSR count). The number of phosphoric acid groups is 2. The number of aliphatic hydroxyl groups excluding tert-OH is 2. The van der Waals surface area contributed by atoms with Gasteiger partial charge in [0.25, 0.3) is 0 Å². The molecule has 0 amide bonds. The summed E-state index contributed by atoms with van der Waals surface area (Å²) in [6.45, 7) is 2.63. The zero-order chi connectivity index (χ0) is 43.6. The monoisotopic (exact) mass is 871 g/mol. The van der Waals surface area contributed by atoms with Crippen molar-refractivity contribution >= 4 is 27.6 Å². The molecule has 16 heteroatoms. The first kappa shape index (κ1) is 58.4. The predicted molar refractivity (Wildman–Crippen MR) is 229 cm³/mol. The number of allylic oxidation sites excluding steroid dienone is 6. The topological polar surface area (TPSA) is 227 Å². The van der Waals surface area contributed by atoms with Crippen LogP contribution < -0.4 is 0 Å². The van der Waals surface area contributed by atoms with E-state index < -0.39 is 53.0 Å². The molecule has 0 aromatic heterocycles. The Morgan fingerprint density at radius 2 is 0.741 bits per heavy atom. The van der Waals surface area contributed by atoms with Gasteiger partial charge in [-0.2, -0.15) is 0 Å². The first-order valence-corrected chi connectivity index (χ1v) is 24.8. The van der Waals surface area contributed by atoms with E-state index in [0.717, 1.165) is 77.0 Å². The van der Waals surface area contributed by atoms with E-state index in [0.29, 0.717) is 0 Å². The molecule has 2 atom stereocenters. The smallest absolute Gasteiger partial charge is 0.463 e. The third kappa shape index (κ3) is 52.3. The van der Waals surface area contributed by atoms with E-state index in [1.807, 2.05) is 0 Å². The maximum atomic E-state index is 11.5. The highest BCUT2D eigenvalue weighted by atomic mass is 31.2. The van der Waals surface area contributed by atoms with Gasteiger partial charge in [0.15, 0.2) is 0 Å². The Kier molecular flexibility index (Phi) is 42.3. The molecule has 58 heavy (non-hydrogen) atoms. The Bertz CT molecular complexity index is 1140. The molecule has 0 saturated heterocycles. The minimum atomic E-state index is -4.62. The maximum Gasteiger partial charge on any atom is 0.469 e. The molecule has 0 bridgehead atoms. The van der Waals surface area contributed by atoms with E-state index >= 15 is 0 Å². The molecule has 0 radical (unpaired) electrons. The molecule has 0 aliphatic carbocycles. The summed E-state index contributed by atoms with van der Waals surface area (Å²) in [6.07, 6.45) is 39.2. The number of rotatable bonds is 39. The lowest BCUT2D eigenvalue weighted by molar-refractivity contribution is -0.148. The van der Waals surface area contributed by atoms with Gasteiger partial charge in [0.05, 0.1) is 13.2 Å². The third-order valence-electron chi connectivity index (χ3n) is 8.72. The first-order valence-electron chi connectivity index (χ1n) is 21.7. The van der Waals surface area contributed by atoms with Crippen molar-refractivity contribution in [1.29, 1.82) is 0 Å². The zero-order valence-electron chi connectivity index (χ0n) is 35.7. The predicted octanol–water partition coefficient (Wildman–Crippen LogP) is 9.85. The minimum Gasteiger partial charge on any atom is -0.463 e. The van der Waals surface area contributed by atoms with E-state index in [1.165, 1.54) is 77.0 Å². The Hall–Kier alpha value is -1.70. The van der Waals surface area contributed by atoms with Crippen LogP contribution in [0.1, 0.15) is 181 Å². The number of esters is 2. The van der Waals surface area contributed by atoms with E-state index in [1.54, 1.807) is 0 Å². The fraction of sp³-hybridized carbons (Fsp3) is 0.810. The van der Waals surface area contributed by atoms with Gasteiger partial charge in [-0.15, -0.1) is 0 Å². The average molecular weight is 871 g/mol. The van der Waals surface area contributed by atoms with Crippen molar-refractivity contribution in [3.8, 4) is 0 Å². The molecular formula is C42H80O14P2. The molecule has 342 valence electrons. The van der Waals surface area contributed by atoms with Gasteiger partial charge < -0.3 is 39.3 Å². The van der Waals surface area contributed by atoms with Crippen molar-refractivity contribution in [2.75, 3.05) is 26.4 Å². The van der Waals surface area contributed by atoms with E-state index in [2.05, 4.69) is 59.4 Å². The molecule has 0 unspecified atom stereocenters. The van der Waals surface area contributed by atoms with Crippen LogP contribution in [0.25, 0.3) is 0 Å². The second-order valence-corrected chi connectivity index (χ2v) is 17.0. The maximum absolute atomic E-state index is 11.5. The summed E-state index contributed by atoms with van der Waals surface area (Å²) in [5.41, 5.74) is 0. The Labute approximate surface area is 349 Å². The van der Waals surface area contributed by atoms with Crippen LogP contribution in [0, 0.1) is 0 Å². The van der Waals surface area contributed by atoms with Crippen molar-refractivity contribution in [2.24, 2.45) is 0 Å². The van der Waals surface area contributed by atoms with Gasteiger partial charge in [-0.25, -0.2) is 9.13 Å². The molecule has 6 N–H and O–H groups in total. The molecule has 14 nitrogen and oxygen atoms in total. The molecule has 0 heterocycles. The van der Waals surface area contributed by atoms with Crippen LogP contribution in [0.4, 0.5) is 0 Å². The summed E-state index contributed by atoms with van der Waals surface area (Å²) < 4.78 is 39.0. The lowest BCUT2D eigenvalue weighted by Gasteiger charge is -2.12. The van der Waals surface area contributed by atoms with Gasteiger partial charge in [0.1, 0.15) is 25.4 Å². The Morgan fingerprint density at radius 3 is 1.10 bits per heavy atom. The molecule has 0 aromatic carbocycles. The molecule has 0 spiro atoms. The van der Waals surface area contributed by atoms with Crippen LogP contribution >= 0.6 is 15.6 Å². The van der Waals surface area contributed by atoms with Gasteiger partial charge in [-0.1, -0.05) is 134 Å². The number of hydrogen-bond acceptors (Lipinski definition) is 10. The standard InChI is InChI=1S/C21H41O7P.C21H39O7P/c2*1-2-3-4-5-6-7-8-9-10-11-12-13-14-15-16-17-21(23)27-18-20(22)19-28-29(24,25)26/h9-10,20,22H,2-8,11-19H2,1H3,(H2,24,25,26);6-7,9-10,20,22H,2-5,8,11-19H2,1H3,(H2,24,25,26)/b10-9-;7-6-,10-9-/t2*20-/m11/s1. The second-order valence-electron chi connectivity index (χ2n) is 14.6. The molecule has 0 aliphatic heterocycles. The number of aliphatic hydroxyl groups is 2. The highest BCUT2D eigenvalue weighted by Gasteiger charge is 2.19. The van der Waals surface area contributed by atoms with Crippen LogP contribution in [0.15, 0.2) is 36.5 Å². The largest absolute Gasteiger partial charge is 0.469 e. The highest BCUT2D eigenvalue weighted by Crippen LogP contribution is 2.36. The van der Waals surface area contributed by atoms with Crippen LogP contribution in [0.5, 0.6) is 0 Å².